The quantitative estimate of drug-likeness (QED) is 0.231. The minimum Gasteiger partial charge on any atom is -0.382 e. The molecule has 0 saturated heterocycles. The zero-order valence-corrected chi connectivity index (χ0v) is 17.2. The topological polar surface area (TPSA) is 134 Å². The molecule has 0 aliphatic carbocycles. The van der Waals surface area contributed by atoms with Gasteiger partial charge in [0.2, 0.25) is 0 Å². The molecule has 3 N–H and O–H groups in total. The van der Waals surface area contributed by atoms with E-state index in [9.17, 15) is 20.0 Å². The summed E-state index contributed by atoms with van der Waals surface area (Å²) in [7, 11) is 0. The Morgan fingerprint density at radius 1 is 1.12 bits per heavy atom. The number of rotatable bonds is 6. The Kier molecular flexibility index (Phi) is 5.93. The number of H-pyrrole nitrogens is 1. The second-order valence-corrected chi connectivity index (χ2v) is 7.18. The number of non-ortho nitro benzene ring substituents is 1. The fraction of sp³-hybridized carbons (Fsp3) is 0.0455. The minimum atomic E-state index is -1.37. The number of aliphatic hydroxyl groups excluding tert-OH is 1. The lowest BCUT2D eigenvalue weighted by Crippen LogP contribution is -2.26. The molecule has 0 bridgehead atoms. The van der Waals surface area contributed by atoms with E-state index in [4.69, 9.17) is 11.6 Å². The molecular formula is C22H16ClN5O4. The van der Waals surface area contributed by atoms with E-state index in [2.05, 4.69) is 20.5 Å². The molecule has 10 heteroatoms. The average Bonchev–Trinajstić information content (AvgIpc) is 2.79. The summed E-state index contributed by atoms with van der Waals surface area (Å²) in [6, 6.07) is 19.5. The fourth-order valence-corrected chi connectivity index (χ4v) is 3.33. The van der Waals surface area contributed by atoms with Crippen molar-refractivity contribution < 1.29 is 10.0 Å². The van der Waals surface area contributed by atoms with E-state index in [1.54, 1.807) is 48.5 Å². The summed E-state index contributed by atoms with van der Waals surface area (Å²) in [6.07, 6.45) is -1.37. The second-order valence-electron chi connectivity index (χ2n) is 6.77. The van der Waals surface area contributed by atoms with Crippen LogP contribution in [0.15, 0.2) is 82.7 Å². The largest absolute Gasteiger partial charge is 0.382 e. The molecule has 0 unspecified atom stereocenters. The zero-order valence-electron chi connectivity index (χ0n) is 16.4. The predicted octanol–water partition coefficient (Wildman–Crippen LogP) is 4.03. The van der Waals surface area contributed by atoms with Crippen molar-refractivity contribution in [1.82, 2.24) is 9.97 Å². The first-order chi connectivity index (χ1) is 15.4. The first kappa shape index (κ1) is 21.2. The van der Waals surface area contributed by atoms with Crippen LogP contribution in [0.1, 0.15) is 17.4 Å². The van der Waals surface area contributed by atoms with Gasteiger partial charge in [-0.15, -0.1) is 0 Å². The fourth-order valence-electron chi connectivity index (χ4n) is 3.09. The summed E-state index contributed by atoms with van der Waals surface area (Å²) < 4.78 is 0. The van der Waals surface area contributed by atoms with E-state index in [0.717, 1.165) is 0 Å². The third kappa shape index (κ3) is 4.34. The number of nitrogens with zero attached hydrogens (tertiary/aromatic N) is 3. The SMILES string of the molecule is O=c1[nH]c2cc([N+](=O)[O-])ccc2nc1/C(=N\Nc1ccccc1)[C@H](O)c1ccccc1Cl. The van der Waals surface area contributed by atoms with Crippen LogP contribution in [0.2, 0.25) is 5.02 Å². The third-order valence-electron chi connectivity index (χ3n) is 4.67. The highest BCUT2D eigenvalue weighted by atomic mass is 35.5. The van der Waals surface area contributed by atoms with Gasteiger partial charge in [-0.05, 0) is 24.3 Å². The maximum atomic E-state index is 12.8. The monoisotopic (exact) mass is 449 g/mol. The third-order valence-corrected chi connectivity index (χ3v) is 5.01. The van der Waals surface area contributed by atoms with E-state index in [1.165, 1.54) is 18.2 Å². The number of hydrazone groups is 1. The van der Waals surface area contributed by atoms with Crippen LogP contribution in [-0.4, -0.2) is 25.7 Å². The molecule has 4 aromatic rings. The number of nitro groups is 1. The van der Waals surface area contributed by atoms with Crippen LogP contribution in [0.25, 0.3) is 11.0 Å². The van der Waals surface area contributed by atoms with Gasteiger partial charge in [0.15, 0.2) is 5.69 Å². The highest BCUT2D eigenvalue weighted by molar-refractivity contribution is 6.31. The molecule has 0 fully saturated rings. The lowest BCUT2D eigenvalue weighted by molar-refractivity contribution is -0.384. The van der Waals surface area contributed by atoms with Crippen molar-refractivity contribution in [2.24, 2.45) is 5.10 Å². The van der Waals surface area contributed by atoms with Crippen LogP contribution in [0, 0.1) is 10.1 Å². The molecule has 1 atom stereocenters. The number of aliphatic hydroxyl groups is 1. The summed E-state index contributed by atoms with van der Waals surface area (Å²) in [6.45, 7) is 0. The number of fused-ring (bicyclic) bond motifs is 1. The Hall–Kier alpha value is -4.08. The number of hydrogen-bond donors (Lipinski definition) is 3. The Labute approximate surface area is 186 Å². The summed E-state index contributed by atoms with van der Waals surface area (Å²) >= 11 is 6.24. The van der Waals surface area contributed by atoms with Crippen molar-refractivity contribution in [3.63, 3.8) is 0 Å². The molecule has 160 valence electrons. The lowest BCUT2D eigenvalue weighted by atomic mass is 10.0. The number of aromatic nitrogens is 2. The van der Waals surface area contributed by atoms with Crippen LogP contribution in [0.3, 0.4) is 0 Å². The summed E-state index contributed by atoms with van der Waals surface area (Å²) in [5.74, 6) is 0. The smallest absolute Gasteiger partial charge is 0.276 e. The van der Waals surface area contributed by atoms with Gasteiger partial charge in [-0.25, -0.2) is 4.98 Å². The molecule has 0 radical (unpaired) electrons. The zero-order chi connectivity index (χ0) is 22.7. The molecule has 4 rings (SSSR count). The van der Waals surface area contributed by atoms with E-state index in [-0.39, 0.29) is 22.6 Å². The van der Waals surface area contributed by atoms with Crippen molar-refractivity contribution in [3.05, 3.63) is 110 Å². The van der Waals surface area contributed by atoms with Gasteiger partial charge in [-0.1, -0.05) is 48.0 Å². The van der Waals surface area contributed by atoms with Crippen LogP contribution in [0.4, 0.5) is 11.4 Å². The van der Waals surface area contributed by atoms with Crippen molar-refractivity contribution in [3.8, 4) is 0 Å². The van der Waals surface area contributed by atoms with Gasteiger partial charge >= 0.3 is 0 Å². The number of halogens is 1. The van der Waals surface area contributed by atoms with Gasteiger partial charge in [0, 0.05) is 22.7 Å². The number of hydrogen-bond acceptors (Lipinski definition) is 7. The first-order valence-corrected chi connectivity index (χ1v) is 9.82. The normalized spacial score (nSPS) is 12.5. The van der Waals surface area contributed by atoms with Gasteiger partial charge in [0.05, 0.1) is 21.6 Å². The maximum Gasteiger partial charge on any atom is 0.276 e. The number of para-hydroxylation sites is 1. The molecular weight excluding hydrogens is 434 g/mol. The molecule has 0 spiro atoms. The van der Waals surface area contributed by atoms with Crippen molar-refractivity contribution in [2.75, 3.05) is 5.43 Å². The van der Waals surface area contributed by atoms with Crippen LogP contribution >= 0.6 is 11.6 Å². The van der Waals surface area contributed by atoms with Crippen LogP contribution < -0.4 is 11.0 Å². The number of benzene rings is 3. The van der Waals surface area contributed by atoms with Crippen molar-refractivity contribution in [1.29, 1.82) is 0 Å². The number of aromatic amines is 1. The van der Waals surface area contributed by atoms with E-state index in [0.29, 0.717) is 21.8 Å². The van der Waals surface area contributed by atoms with E-state index < -0.39 is 16.6 Å². The Bertz CT molecular complexity index is 1390. The first-order valence-electron chi connectivity index (χ1n) is 9.44. The van der Waals surface area contributed by atoms with Gasteiger partial charge in [-0.2, -0.15) is 5.10 Å². The van der Waals surface area contributed by atoms with Crippen LogP contribution in [-0.2, 0) is 0 Å². The van der Waals surface area contributed by atoms with E-state index in [1.807, 2.05) is 6.07 Å². The highest BCUT2D eigenvalue weighted by Gasteiger charge is 2.24. The Morgan fingerprint density at radius 2 is 1.84 bits per heavy atom. The van der Waals surface area contributed by atoms with Crippen molar-refractivity contribution >= 4 is 39.7 Å². The maximum absolute atomic E-state index is 12.8. The molecule has 0 aliphatic heterocycles. The van der Waals surface area contributed by atoms with Gasteiger partial charge in [0.1, 0.15) is 11.8 Å². The Balaban J connectivity index is 1.85. The summed E-state index contributed by atoms with van der Waals surface area (Å²) in [5.41, 5.74) is 3.20. The summed E-state index contributed by atoms with van der Waals surface area (Å²) in [5, 5.41) is 26.6. The molecule has 1 heterocycles. The molecule has 0 aliphatic rings. The molecule has 1 aromatic heterocycles. The minimum absolute atomic E-state index is 0.0662. The Morgan fingerprint density at radius 3 is 2.56 bits per heavy atom. The lowest BCUT2D eigenvalue weighted by Gasteiger charge is -2.15. The van der Waals surface area contributed by atoms with E-state index >= 15 is 0 Å². The molecule has 0 saturated carbocycles. The molecule has 9 nitrogen and oxygen atoms in total. The predicted molar refractivity (Wildman–Crippen MR) is 122 cm³/mol. The van der Waals surface area contributed by atoms with Gasteiger partial charge in [0.25, 0.3) is 11.2 Å². The second kappa shape index (κ2) is 8.96. The molecule has 32 heavy (non-hydrogen) atoms. The van der Waals surface area contributed by atoms with Crippen molar-refractivity contribution in [2.45, 2.75) is 6.10 Å². The van der Waals surface area contributed by atoms with Gasteiger partial charge in [-0.3, -0.25) is 20.3 Å². The molecule has 0 amide bonds. The average molecular weight is 450 g/mol. The highest BCUT2D eigenvalue weighted by Crippen LogP contribution is 2.26. The summed E-state index contributed by atoms with van der Waals surface area (Å²) in [4.78, 5) is 30.2. The number of nitrogens with one attached hydrogen (secondary N) is 2. The number of anilines is 1. The number of nitro benzene ring substituents is 1. The molecule has 3 aromatic carbocycles. The van der Waals surface area contributed by atoms with Gasteiger partial charge < -0.3 is 10.1 Å². The van der Waals surface area contributed by atoms with Crippen LogP contribution in [0.5, 0.6) is 0 Å². The standard InChI is InChI=1S/C22H16ClN5O4/c23-16-9-5-4-8-15(16)21(29)19(27-26-13-6-2-1-3-7-13)20-22(30)25-18-12-14(28(31)32)10-11-17(18)24-20/h1-12,21,26,29H,(H,25,30)/b27-19+/t21-/m1/s1.